The minimum Gasteiger partial charge on any atom is -0.330 e. The van der Waals surface area contributed by atoms with E-state index in [9.17, 15) is 4.79 Å². The van der Waals surface area contributed by atoms with E-state index >= 15 is 0 Å². The number of nitrogens with one attached hydrogen (secondary N) is 2. The maximum atomic E-state index is 11.8. The number of aryl methyl sites for hydroxylation is 1. The van der Waals surface area contributed by atoms with Gasteiger partial charge in [-0.25, -0.2) is 0 Å². The number of hydrogen-bond donors (Lipinski definition) is 3. The van der Waals surface area contributed by atoms with E-state index in [1.165, 1.54) is 0 Å². The molecule has 0 radical (unpaired) electrons. The lowest BCUT2D eigenvalue weighted by Gasteiger charge is -2.15. The van der Waals surface area contributed by atoms with E-state index in [-0.39, 0.29) is 11.8 Å². The Morgan fingerprint density at radius 1 is 1.59 bits per heavy atom. The van der Waals surface area contributed by atoms with Gasteiger partial charge in [-0.3, -0.25) is 9.89 Å². The molecular formula is C12H22N4O. The summed E-state index contributed by atoms with van der Waals surface area (Å²) >= 11 is 0. The summed E-state index contributed by atoms with van der Waals surface area (Å²) in [6.45, 7) is 6.71. The molecule has 1 aromatic rings. The Hall–Kier alpha value is -1.36. The predicted molar refractivity (Wildman–Crippen MR) is 68.6 cm³/mol. The summed E-state index contributed by atoms with van der Waals surface area (Å²) in [6.07, 6.45) is 1.43. The van der Waals surface area contributed by atoms with Crippen LogP contribution in [0.3, 0.4) is 0 Å². The van der Waals surface area contributed by atoms with E-state index in [0.717, 1.165) is 12.1 Å². The summed E-state index contributed by atoms with van der Waals surface area (Å²) < 4.78 is 0. The van der Waals surface area contributed by atoms with Gasteiger partial charge in [-0.2, -0.15) is 5.10 Å². The van der Waals surface area contributed by atoms with Gasteiger partial charge in [-0.1, -0.05) is 13.8 Å². The van der Waals surface area contributed by atoms with E-state index in [1.54, 1.807) is 6.07 Å². The summed E-state index contributed by atoms with van der Waals surface area (Å²) in [5.41, 5.74) is 6.59. The number of nitrogens with two attached hydrogens (primary N) is 1. The topological polar surface area (TPSA) is 83.8 Å². The van der Waals surface area contributed by atoms with Crippen LogP contribution in [0.2, 0.25) is 0 Å². The third-order valence-corrected chi connectivity index (χ3v) is 2.59. The lowest BCUT2D eigenvalue weighted by molar-refractivity contribution is -0.117. The number of aromatic nitrogens is 2. The van der Waals surface area contributed by atoms with Gasteiger partial charge in [0.15, 0.2) is 5.82 Å². The van der Waals surface area contributed by atoms with Crippen LogP contribution < -0.4 is 11.1 Å². The Balaban J connectivity index is 2.42. The second-order valence-corrected chi connectivity index (χ2v) is 4.92. The third kappa shape index (κ3) is 4.99. The number of carbonyl (C=O) groups excluding carboxylic acids is 1. The molecule has 0 saturated carbocycles. The number of H-pyrrole nitrogens is 1. The van der Waals surface area contributed by atoms with Crippen LogP contribution in [0.1, 0.15) is 32.4 Å². The molecule has 1 atom stereocenters. The van der Waals surface area contributed by atoms with Crippen molar-refractivity contribution in [2.75, 3.05) is 11.9 Å². The average molecular weight is 238 g/mol. The lowest BCUT2D eigenvalue weighted by Crippen LogP contribution is -2.23. The minimum atomic E-state index is -0.0207. The number of amides is 1. The van der Waals surface area contributed by atoms with Crippen molar-refractivity contribution in [2.24, 2.45) is 17.6 Å². The van der Waals surface area contributed by atoms with Crippen molar-refractivity contribution in [3.8, 4) is 0 Å². The summed E-state index contributed by atoms with van der Waals surface area (Å²) in [6, 6.07) is 1.80. The van der Waals surface area contributed by atoms with Gasteiger partial charge in [0.05, 0.1) is 0 Å². The lowest BCUT2D eigenvalue weighted by atomic mass is 9.94. The molecule has 5 nitrogen and oxygen atoms in total. The highest BCUT2D eigenvalue weighted by Crippen LogP contribution is 2.15. The van der Waals surface area contributed by atoms with Gasteiger partial charge in [0.2, 0.25) is 5.91 Å². The molecule has 0 spiro atoms. The van der Waals surface area contributed by atoms with Gasteiger partial charge >= 0.3 is 0 Å². The molecular weight excluding hydrogens is 216 g/mol. The third-order valence-electron chi connectivity index (χ3n) is 2.59. The largest absolute Gasteiger partial charge is 0.330 e. The van der Waals surface area contributed by atoms with Crippen LogP contribution in [-0.2, 0) is 4.79 Å². The fraction of sp³-hybridized carbons (Fsp3) is 0.667. The van der Waals surface area contributed by atoms with Crippen LogP contribution in [-0.4, -0.2) is 22.6 Å². The van der Waals surface area contributed by atoms with Crippen molar-refractivity contribution in [2.45, 2.75) is 33.6 Å². The van der Waals surface area contributed by atoms with Gasteiger partial charge in [0.25, 0.3) is 0 Å². The normalized spacial score (nSPS) is 12.8. The average Bonchev–Trinajstić information content (AvgIpc) is 2.62. The van der Waals surface area contributed by atoms with Crippen LogP contribution in [0.15, 0.2) is 6.07 Å². The van der Waals surface area contributed by atoms with Crippen molar-refractivity contribution < 1.29 is 4.79 Å². The maximum absolute atomic E-state index is 11.8. The van der Waals surface area contributed by atoms with E-state index in [4.69, 9.17) is 5.73 Å². The number of aromatic amines is 1. The van der Waals surface area contributed by atoms with Crippen molar-refractivity contribution in [3.05, 3.63) is 11.8 Å². The molecule has 0 unspecified atom stereocenters. The van der Waals surface area contributed by atoms with Crippen molar-refractivity contribution >= 4 is 11.7 Å². The molecule has 4 N–H and O–H groups in total. The van der Waals surface area contributed by atoms with Crippen LogP contribution in [0.5, 0.6) is 0 Å². The zero-order chi connectivity index (χ0) is 12.8. The number of hydrogen-bond acceptors (Lipinski definition) is 3. The molecule has 1 aromatic heterocycles. The zero-order valence-electron chi connectivity index (χ0n) is 10.8. The second-order valence-electron chi connectivity index (χ2n) is 4.92. The van der Waals surface area contributed by atoms with E-state index in [0.29, 0.717) is 24.7 Å². The first-order chi connectivity index (χ1) is 8.01. The van der Waals surface area contributed by atoms with Crippen LogP contribution >= 0.6 is 0 Å². The zero-order valence-corrected chi connectivity index (χ0v) is 10.8. The van der Waals surface area contributed by atoms with Crippen LogP contribution in [0.4, 0.5) is 5.82 Å². The first-order valence-corrected chi connectivity index (χ1v) is 6.03. The molecule has 0 bridgehead atoms. The quantitative estimate of drug-likeness (QED) is 0.704. The first kappa shape index (κ1) is 13.7. The van der Waals surface area contributed by atoms with E-state index in [2.05, 4.69) is 29.4 Å². The standard InChI is InChI=1S/C12H22N4O/c1-8(2)4-10(7-13)6-12(17)14-11-5-9(3)15-16-11/h5,8,10H,4,6-7,13H2,1-3H3,(H2,14,15,16,17)/t10-/m0/s1. The van der Waals surface area contributed by atoms with Gasteiger partial charge < -0.3 is 11.1 Å². The molecule has 0 fully saturated rings. The highest BCUT2D eigenvalue weighted by molar-refractivity contribution is 5.89. The SMILES string of the molecule is Cc1cc(NC(=O)C[C@@H](CN)CC(C)C)n[nH]1. The molecule has 96 valence electrons. The number of anilines is 1. The molecule has 0 aliphatic rings. The Morgan fingerprint density at radius 3 is 2.76 bits per heavy atom. The molecule has 5 heteroatoms. The first-order valence-electron chi connectivity index (χ1n) is 6.03. The van der Waals surface area contributed by atoms with Crippen LogP contribution in [0, 0.1) is 18.8 Å². The summed E-state index contributed by atoms with van der Waals surface area (Å²) in [5, 5.41) is 9.51. The van der Waals surface area contributed by atoms with E-state index < -0.39 is 0 Å². The molecule has 0 aromatic carbocycles. The molecule has 17 heavy (non-hydrogen) atoms. The molecule has 1 amide bonds. The summed E-state index contributed by atoms with van der Waals surface area (Å²) in [4.78, 5) is 11.8. The van der Waals surface area contributed by atoms with Gasteiger partial charge in [-0.15, -0.1) is 0 Å². The smallest absolute Gasteiger partial charge is 0.225 e. The predicted octanol–water partition coefficient (Wildman–Crippen LogP) is 1.67. The Kier molecular flexibility index (Phi) is 5.15. The molecule has 0 saturated heterocycles. The fourth-order valence-corrected chi connectivity index (χ4v) is 1.87. The Morgan fingerprint density at radius 2 is 2.29 bits per heavy atom. The van der Waals surface area contributed by atoms with E-state index in [1.807, 2.05) is 6.92 Å². The maximum Gasteiger partial charge on any atom is 0.225 e. The van der Waals surface area contributed by atoms with Gasteiger partial charge in [-0.05, 0) is 31.7 Å². The second kappa shape index (κ2) is 6.39. The van der Waals surface area contributed by atoms with Crippen molar-refractivity contribution in [3.63, 3.8) is 0 Å². The summed E-state index contributed by atoms with van der Waals surface area (Å²) in [7, 11) is 0. The summed E-state index contributed by atoms with van der Waals surface area (Å²) in [5.74, 6) is 1.36. The van der Waals surface area contributed by atoms with Crippen LogP contribution in [0.25, 0.3) is 0 Å². The molecule has 1 rings (SSSR count). The molecule has 0 aliphatic carbocycles. The Bertz CT molecular complexity index is 359. The molecule has 0 aliphatic heterocycles. The number of rotatable bonds is 6. The minimum absolute atomic E-state index is 0.0207. The fourth-order valence-electron chi connectivity index (χ4n) is 1.87. The van der Waals surface area contributed by atoms with Gasteiger partial charge in [0, 0.05) is 18.2 Å². The molecule has 1 heterocycles. The highest BCUT2D eigenvalue weighted by Gasteiger charge is 2.14. The Labute approximate surface area is 102 Å². The monoisotopic (exact) mass is 238 g/mol. The van der Waals surface area contributed by atoms with Gasteiger partial charge in [0.1, 0.15) is 0 Å². The highest BCUT2D eigenvalue weighted by atomic mass is 16.1. The van der Waals surface area contributed by atoms with Crippen molar-refractivity contribution in [1.82, 2.24) is 10.2 Å². The number of nitrogens with zero attached hydrogens (tertiary/aromatic N) is 1. The van der Waals surface area contributed by atoms with Crippen molar-refractivity contribution in [1.29, 1.82) is 0 Å². The number of carbonyl (C=O) groups is 1.